The Labute approximate surface area is 175 Å². The molecule has 0 unspecified atom stereocenters. The second-order valence-electron chi connectivity index (χ2n) is 7.56. The number of urea groups is 1. The number of nitrogens with zero attached hydrogens (tertiary/aromatic N) is 1. The van der Waals surface area contributed by atoms with Gasteiger partial charge in [-0.1, -0.05) is 29.8 Å². The molecular weight excluding hydrogens is 390 g/mol. The fourth-order valence-electron chi connectivity index (χ4n) is 3.46. The number of rotatable bonds is 6. The number of para-hydroxylation sites is 1. The zero-order valence-corrected chi connectivity index (χ0v) is 16.8. The predicted octanol–water partition coefficient (Wildman–Crippen LogP) is 4.63. The van der Waals surface area contributed by atoms with Crippen LogP contribution in [-0.2, 0) is 4.74 Å². The van der Waals surface area contributed by atoms with Gasteiger partial charge in [-0.2, -0.15) is 0 Å². The van der Waals surface area contributed by atoms with E-state index in [0.717, 1.165) is 25.9 Å². The minimum Gasteiger partial charge on any atom is -0.381 e. The third kappa shape index (κ3) is 5.08. The summed E-state index contributed by atoms with van der Waals surface area (Å²) >= 11 is 6.29. The van der Waals surface area contributed by atoms with Crippen LogP contribution in [0.5, 0.6) is 0 Å². The number of halogens is 1. The average molecular weight is 414 g/mol. The first-order valence-corrected chi connectivity index (χ1v) is 10.3. The lowest BCUT2D eigenvalue weighted by Gasteiger charge is -2.25. The number of carbonyl (C=O) groups is 2. The van der Waals surface area contributed by atoms with Crippen LogP contribution < -0.4 is 10.6 Å². The molecule has 4 rings (SSSR count). The van der Waals surface area contributed by atoms with E-state index in [2.05, 4.69) is 10.6 Å². The van der Waals surface area contributed by atoms with Gasteiger partial charge in [0, 0.05) is 36.4 Å². The maximum atomic E-state index is 12.9. The molecule has 0 spiro atoms. The average Bonchev–Trinajstić information content (AvgIpc) is 3.43. The molecule has 0 aromatic heterocycles. The molecule has 2 aliphatic rings. The molecule has 1 saturated heterocycles. The zero-order valence-electron chi connectivity index (χ0n) is 16.1. The van der Waals surface area contributed by atoms with Gasteiger partial charge >= 0.3 is 6.03 Å². The zero-order chi connectivity index (χ0) is 20.2. The van der Waals surface area contributed by atoms with Crippen molar-refractivity contribution in [2.24, 2.45) is 5.92 Å². The number of nitrogens with one attached hydrogen (secondary N) is 2. The van der Waals surface area contributed by atoms with Crippen LogP contribution in [0.3, 0.4) is 0 Å². The Morgan fingerprint density at radius 1 is 1.07 bits per heavy atom. The number of anilines is 2. The van der Waals surface area contributed by atoms with Crippen molar-refractivity contribution < 1.29 is 14.3 Å². The summed E-state index contributed by atoms with van der Waals surface area (Å²) < 4.78 is 5.44. The molecule has 1 aliphatic heterocycles. The summed E-state index contributed by atoms with van der Waals surface area (Å²) in [4.78, 5) is 27.4. The molecule has 3 amide bonds. The van der Waals surface area contributed by atoms with Gasteiger partial charge in [0.25, 0.3) is 5.91 Å². The molecule has 1 saturated carbocycles. The largest absolute Gasteiger partial charge is 0.381 e. The van der Waals surface area contributed by atoms with E-state index in [4.69, 9.17) is 16.3 Å². The molecule has 2 aromatic carbocycles. The fourth-order valence-corrected chi connectivity index (χ4v) is 3.63. The normalized spacial score (nSPS) is 18.3. The van der Waals surface area contributed by atoms with Gasteiger partial charge in [0.15, 0.2) is 0 Å². The summed E-state index contributed by atoms with van der Waals surface area (Å²) in [7, 11) is 0. The number of benzene rings is 2. The molecule has 2 N–H and O–H groups in total. The van der Waals surface area contributed by atoms with E-state index in [-0.39, 0.29) is 18.0 Å². The van der Waals surface area contributed by atoms with E-state index >= 15 is 0 Å². The highest BCUT2D eigenvalue weighted by molar-refractivity contribution is 6.34. The lowest BCUT2D eigenvalue weighted by Crippen LogP contribution is -2.40. The molecule has 7 heteroatoms. The quantitative estimate of drug-likeness (QED) is 0.725. The molecule has 152 valence electrons. The molecule has 2 fully saturated rings. The van der Waals surface area contributed by atoms with Crippen LogP contribution in [0.1, 0.15) is 29.6 Å². The Morgan fingerprint density at radius 3 is 2.55 bits per heavy atom. The van der Waals surface area contributed by atoms with Gasteiger partial charge in [-0.15, -0.1) is 0 Å². The second kappa shape index (κ2) is 8.84. The van der Waals surface area contributed by atoms with E-state index in [1.54, 1.807) is 18.2 Å². The molecule has 1 aliphatic carbocycles. The summed E-state index contributed by atoms with van der Waals surface area (Å²) in [5, 5.41) is 6.14. The van der Waals surface area contributed by atoms with Crippen LogP contribution in [0.2, 0.25) is 5.02 Å². The van der Waals surface area contributed by atoms with E-state index in [1.165, 1.54) is 0 Å². The van der Waals surface area contributed by atoms with Crippen molar-refractivity contribution >= 4 is 34.9 Å². The van der Waals surface area contributed by atoms with Crippen LogP contribution in [0.4, 0.5) is 16.2 Å². The molecule has 29 heavy (non-hydrogen) atoms. The molecule has 0 bridgehead atoms. The van der Waals surface area contributed by atoms with E-state index in [9.17, 15) is 9.59 Å². The summed E-state index contributed by atoms with van der Waals surface area (Å²) in [6, 6.07) is 14.2. The fraction of sp³-hybridized carbons (Fsp3) is 0.364. The van der Waals surface area contributed by atoms with Gasteiger partial charge < -0.3 is 20.3 Å². The summed E-state index contributed by atoms with van der Waals surface area (Å²) in [6.45, 7) is 2.14. The standard InChI is InChI=1S/C22H24ClN3O3/c23-19-9-6-16(21(27)24-17-4-2-1-3-5-17)12-20(19)25-22(28)26(18-7-8-18)13-15-10-11-29-14-15/h1-6,9,12,15,18H,7-8,10-11,13-14H2,(H,24,27)(H,25,28)/t15-/m1/s1. The van der Waals surface area contributed by atoms with Crippen molar-refractivity contribution in [1.29, 1.82) is 0 Å². The van der Waals surface area contributed by atoms with Crippen molar-refractivity contribution in [3.8, 4) is 0 Å². The van der Waals surface area contributed by atoms with Crippen LogP contribution >= 0.6 is 11.6 Å². The first kappa shape index (κ1) is 19.7. The minimum atomic E-state index is -0.259. The molecule has 1 heterocycles. The predicted molar refractivity (Wildman–Crippen MR) is 114 cm³/mol. The monoisotopic (exact) mass is 413 g/mol. The topological polar surface area (TPSA) is 70.7 Å². The summed E-state index contributed by atoms with van der Waals surface area (Å²) in [5.41, 5.74) is 1.57. The van der Waals surface area contributed by atoms with Gasteiger partial charge in [-0.25, -0.2) is 4.79 Å². The number of amides is 3. The van der Waals surface area contributed by atoms with Crippen LogP contribution in [0, 0.1) is 5.92 Å². The molecule has 2 aromatic rings. The SMILES string of the molecule is O=C(Nc1ccccc1)c1ccc(Cl)c(NC(=O)N(C[C@H]2CCOC2)C2CC2)c1. The Bertz CT molecular complexity index is 880. The highest BCUT2D eigenvalue weighted by Gasteiger charge is 2.35. The lowest BCUT2D eigenvalue weighted by molar-refractivity contribution is 0.102. The van der Waals surface area contributed by atoms with Gasteiger partial charge in [0.2, 0.25) is 0 Å². The summed E-state index contributed by atoms with van der Waals surface area (Å²) in [6.07, 6.45) is 3.02. The van der Waals surface area contributed by atoms with Gasteiger partial charge in [-0.05, 0) is 49.6 Å². The van der Waals surface area contributed by atoms with Crippen molar-refractivity contribution in [1.82, 2.24) is 4.90 Å². The molecule has 6 nitrogen and oxygen atoms in total. The maximum absolute atomic E-state index is 12.9. The number of ether oxygens (including phenoxy) is 1. The van der Waals surface area contributed by atoms with Gasteiger partial charge in [0.05, 0.1) is 17.3 Å². The van der Waals surface area contributed by atoms with Crippen LogP contribution in [0.25, 0.3) is 0 Å². The molecular formula is C22H24ClN3O3. The molecule has 1 atom stereocenters. The number of hydrogen-bond acceptors (Lipinski definition) is 3. The number of carbonyl (C=O) groups excluding carboxylic acids is 2. The Balaban J connectivity index is 1.45. The van der Waals surface area contributed by atoms with Crippen molar-refractivity contribution in [3.05, 3.63) is 59.1 Å². The Hall–Kier alpha value is -2.57. The van der Waals surface area contributed by atoms with Crippen LogP contribution in [0.15, 0.2) is 48.5 Å². The highest BCUT2D eigenvalue weighted by Crippen LogP contribution is 2.31. The van der Waals surface area contributed by atoms with Crippen molar-refractivity contribution in [3.63, 3.8) is 0 Å². The van der Waals surface area contributed by atoms with Crippen molar-refractivity contribution in [2.75, 3.05) is 30.4 Å². The van der Waals surface area contributed by atoms with Crippen molar-refractivity contribution in [2.45, 2.75) is 25.3 Å². The maximum Gasteiger partial charge on any atom is 0.322 e. The lowest BCUT2D eigenvalue weighted by atomic mass is 10.1. The van der Waals surface area contributed by atoms with E-state index in [0.29, 0.717) is 41.0 Å². The van der Waals surface area contributed by atoms with Gasteiger partial charge in [0.1, 0.15) is 0 Å². The minimum absolute atomic E-state index is 0.179. The Morgan fingerprint density at radius 2 is 1.86 bits per heavy atom. The smallest absolute Gasteiger partial charge is 0.322 e. The molecule has 0 radical (unpaired) electrons. The number of hydrogen-bond donors (Lipinski definition) is 2. The second-order valence-corrected chi connectivity index (χ2v) is 7.97. The first-order chi connectivity index (χ1) is 14.1. The highest BCUT2D eigenvalue weighted by atomic mass is 35.5. The third-order valence-electron chi connectivity index (χ3n) is 5.23. The van der Waals surface area contributed by atoms with E-state index in [1.807, 2.05) is 35.2 Å². The Kier molecular flexibility index (Phi) is 6.02. The van der Waals surface area contributed by atoms with Crippen LogP contribution in [-0.4, -0.2) is 42.6 Å². The first-order valence-electron chi connectivity index (χ1n) is 9.91. The third-order valence-corrected chi connectivity index (χ3v) is 5.56. The van der Waals surface area contributed by atoms with E-state index < -0.39 is 0 Å². The summed E-state index contributed by atoms with van der Waals surface area (Å²) in [5.74, 6) is 0.116. The van der Waals surface area contributed by atoms with Gasteiger partial charge in [-0.3, -0.25) is 4.79 Å².